The lowest BCUT2D eigenvalue weighted by atomic mass is 9.96. The van der Waals surface area contributed by atoms with Crippen molar-refractivity contribution < 1.29 is 14.3 Å². The molecule has 1 fully saturated rings. The molecule has 1 aliphatic rings. The van der Waals surface area contributed by atoms with Gasteiger partial charge in [0.05, 0.1) is 12.2 Å². The molecule has 1 N–H and O–H groups in total. The zero-order valence-corrected chi connectivity index (χ0v) is 16.9. The molecule has 1 aliphatic heterocycles. The van der Waals surface area contributed by atoms with E-state index in [2.05, 4.69) is 15.2 Å². The van der Waals surface area contributed by atoms with Crippen LogP contribution in [0.4, 0.5) is 0 Å². The molecule has 1 saturated heterocycles. The highest BCUT2D eigenvalue weighted by atomic mass is 16.5. The fraction of sp³-hybridized carbons (Fsp3) is 0.429. The molecule has 0 aromatic carbocycles. The Hall–Kier alpha value is -3.16. The van der Waals surface area contributed by atoms with E-state index in [1.54, 1.807) is 20.8 Å². The van der Waals surface area contributed by atoms with Crippen LogP contribution >= 0.6 is 0 Å². The second-order valence-corrected chi connectivity index (χ2v) is 7.42. The van der Waals surface area contributed by atoms with Gasteiger partial charge in [-0.2, -0.15) is 0 Å². The largest absolute Gasteiger partial charge is 0.462 e. The molecule has 4 rings (SSSR count). The van der Waals surface area contributed by atoms with E-state index in [1.165, 1.54) is 0 Å². The Balaban J connectivity index is 1.58. The van der Waals surface area contributed by atoms with Gasteiger partial charge in [-0.05, 0) is 51.3 Å². The second-order valence-electron chi connectivity index (χ2n) is 7.42. The molecule has 1 unspecified atom stereocenters. The van der Waals surface area contributed by atoms with Crippen molar-refractivity contribution >= 4 is 17.5 Å². The molecule has 0 radical (unpaired) electrons. The number of amides is 1. The highest BCUT2D eigenvalue weighted by molar-refractivity contribution is 6.00. The van der Waals surface area contributed by atoms with Crippen LogP contribution in [0.2, 0.25) is 0 Å². The van der Waals surface area contributed by atoms with Crippen molar-refractivity contribution in [2.75, 3.05) is 19.7 Å². The summed E-state index contributed by atoms with van der Waals surface area (Å²) in [6.45, 7) is 6.89. The molecule has 0 saturated carbocycles. The molecule has 8 nitrogen and oxygen atoms in total. The minimum atomic E-state index is -0.399. The Morgan fingerprint density at radius 3 is 2.90 bits per heavy atom. The number of aromatic amines is 1. The number of carbonyl (C=O) groups excluding carboxylic acids is 2. The maximum atomic E-state index is 13.2. The predicted molar refractivity (Wildman–Crippen MR) is 107 cm³/mol. The van der Waals surface area contributed by atoms with Crippen LogP contribution in [-0.2, 0) is 4.74 Å². The average molecular weight is 395 g/mol. The third kappa shape index (κ3) is 3.39. The van der Waals surface area contributed by atoms with Gasteiger partial charge in [0.25, 0.3) is 5.91 Å². The molecule has 3 aromatic heterocycles. The maximum Gasteiger partial charge on any atom is 0.340 e. The highest BCUT2D eigenvalue weighted by Gasteiger charge is 2.31. The van der Waals surface area contributed by atoms with Gasteiger partial charge in [0, 0.05) is 30.9 Å². The second kappa shape index (κ2) is 7.69. The molecule has 8 heteroatoms. The first kappa shape index (κ1) is 19.2. The van der Waals surface area contributed by atoms with E-state index < -0.39 is 5.97 Å². The summed E-state index contributed by atoms with van der Waals surface area (Å²) < 4.78 is 7.12. The minimum Gasteiger partial charge on any atom is -0.462 e. The molecule has 1 atom stereocenters. The zero-order chi connectivity index (χ0) is 20.5. The third-order valence-corrected chi connectivity index (χ3v) is 5.54. The predicted octanol–water partition coefficient (Wildman–Crippen LogP) is 2.87. The van der Waals surface area contributed by atoms with E-state index in [1.807, 2.05) is 33.7 Å². The number of H-pyrrole nitrogens is 1. The van der Waals surface area contributed by atoms with Gasteiger partial charge in [-0.25, -0.2) is 4.79 Å². The van der Waals surface area contributed by atoms with Crippen LogP contribution in [0, 0.1) is 13.8 Å². The molecular weight excluding hydrogens is 370 g/mol. The number of fused-ring (bicyclic) bond motifs is 1. The van der Waals surface area contributed by atoms with Crippen molar-refractivity contribution in [2.45, 2.75) is 39.5 Å². The number of ether oxygens (including phenoxy) is 1. The minimum absolute atomic E-state index is 0.0975. The van der Waals surface area contributed by atoms with Gasteiger partial charge in [0.1, 0.15) is 11.5 Å². The number of rotatable bonds is 4. The summed E-state index contributed by atoms with van der Waals surface area (Å²) in [6.07, 6.45) is 3.80. The van der Waals surface area contributed by atoms with Gasteiger partial charge in [0.15, 0.2) is 5.65 Å². The molecule has 4 heterocycles. The Kier molecular flexibility index (Phi) is 5.08. The summed E-state index contributed by atoms with van der Waals surface area (Å²) in [7, 11) is 0. The SMILES string of the molecule is CCOC(=O)c1c(C)[nH]c(C(=O)N2CCCC(c3nnc4ccccn34)C2)c1C. The van der Waals surface area contributed by atoms with E-state index in [9.17, 15) is 9.59 Å². The van der Waals surface area contributed by atoms with E-state index in [4.69, 9.17) is 4.74 Å². The van der Waals surface area contributed by atoms with Crippen LogP contribution in [0.25, 0.3) is 5.65 Å². The van der Waals surface area contributed by atoms with E-state index in [0.29, 0.717) is 42.2 Å². The first-order valence-electron chi connectivity index (χ1n) is 9.96. The van der Waals surface area contributed by atoms with Crippen molar-refractivity contribution in [3.63, 3.8) is 0 Å². The van der Waals surface area contributed by atoms with E-state index in [-0.39, 0.29) is 11.8 Å². The zero-order valence-electron chi connectivity index (χ0n) is 16.9. The summed E-state index contributed by atoms with van der Waals surface area (Å²) >= 11 is 0. The number of aryl methyl sites for hydroxylation is 1. The molecule has 0 bridgehead atoms. The monoisotopic (exact) mass is 395 g/mol. The number of esters is 1. The molecular formula is C21H25N5O3. The molecule has 0 aliphatic carbocycles. The van der Waals surface area contributed by atoms with Crippen molar-refractivity contribution in [1.82, 2.24) is 24.5 Å². The van der Waals surface area contributed by atoms with Crippen LogP contribution in [0.1, 0.15) is 63.6 Å². The summed E-state index contributed by atoms with van der Waals surface area (Å²) in [5.41, 5.74) is 3.01. The van der Waals surface area contributed by atoms with Gasteiger partial charge in [0.2, 0.25) is 0 Å². The van der Waals surface area contributed by atoms with Gasteiger partial charge in [-0.1, -0.05) is 6.07 Å². The number of hydrogen-bond donors (Lipinski definition) is 1. The number of carbonyl (C=O) groups is 2. The molecule has 3 aromatic rings. The quantitative estimate of drug-likeness (QED) is 0.686. The number of likely N-dealkylation sites (tertiary alicyclic amines) is 1. The first-order chi connectivity index (χ1) is 14.0. The van der Waals surface area contributed by atoms with Crippen LogP contribution in [0.3, 0.4) is 0 Å². The normalized spacial score (nSPS) is 16.9. The summed E-state index contributed by atoms with van der Waals surface area (Å²) in [6, 6.07) is 5.81. The number of nitrogens with zero attached hydrogens (tertiary/aromatic N) is 4. The summed E-state index contributed by atoms with van der Waals surface area (Å²) in [5.74, 6) is 0.500. The molecule has 152 valence electrons. The topological polar surface area (TPSA) is 92.6 Å². The van der Waals surface area contributed by atoms with Crippen LogP contribution < -0.4 is 0 Å². The van der Waals surface area contributed by atoms with Crippen LogP contribution in [0.5, 0.6) is 0 Å². The third-order valence-electron chi connectivity index (χ3n) is 5.54. The number of piperidine rings is 1. The number of aromatic nitrogens is 4. The Morgan fingerprint density at radius 1 is 1.28 bits per heavy atom. The van der Waals surface area contributed by atoms with Gasteiger partial charge in [-0.3, -0.25) is 9.20 Å². The van der Waals surface area contributed by atoms with Crippen molar-refractivity contribution in [3.8, 4) is 0 Å². The first-order valence-corrected chi connectivity index (χ1v) is 9.96. The fourth-order valence-electron chi connectivity index (χ4n) is 4.14. The molecule has 0 spiro atoms. The van der Waals surface area contributed by atoms with Crippen molar-refractivity contribution in [2.24, 2.45) is 0 Å². The van der Waals surface area contributed by atoms with E-state index in [0.717, 1.165) is 24.3 Å². The molecule has 1 amide bonds. The number of pyridine rings is 1. The lowest BCUT2D eigenvalue weighted by Crippen LogP contribution is -2.40. The van der Waals surface area contributed by atoms with Gasteiger partial charge in [-0.15, -0.1) is 10.2 Å². The lowest BCUT2D eigenvalue weighted by molar-refractivity contribution is 0.0525. The number of hydrogen-bond acceptors (Lipinski definition) is 5. The standard InChI is InChI=1S/C21H25N5O3/c1-4-29-21(28)17-13(2)18(22-14(17)3)20(27)25-10-7-8-15(12-25)19-24-23-16-9-5-6-11-26(16)19/h5-6,9,11,15,22H,4,7-8,10,12H2,1-3H3. The average Bonchev–Trinajstić information content (AvgIpc) is 3.28. The van der Waals surface area contributed by atoms with Crippen molar-refractivity contribution in [1.29, 1.82) is 0 Å². The summed E-state index contributed by atoms with van der Waals surface area (Å²) in [5, 5.41) is 8.61. The highest BCUT2D eigenvalue weighted by Crippen LogP contribution is 2.28. The maximum absolute atomic E-state index is 13.2. The van der Waals surface area contributed by atoms with Gasteiger partial charge >= 0.3 is 5.97 Å². The fourth-order valence-corrected chi connectivity index (χ4v) is 4.14. The van der Waals surface area contributed by atoms with Crippen LogP contribution in [0.15, 0.2) is 24.4 Å². The summed E-state index contributed by atoms with van der Waals surface area (Å²) in [4.78, 5) is 30.4. The Bertz CT molecular complexity index is 1070. The molecule has 29 heavy (non-hydrogen) atoms. The van der Waals surface area contributed by atoms with E-state index >= 15 is 0 Å². The Labute approximate surface area is 168 Å². The van der Waals surface area contributed by atoms with Gasteiger partial charge < -0.3 is 14.6 Å². The van der Waals surface area contributed by atoms with Crippen LogP contribution in [-0.4, -0.2) is 56.1 Å². The lowest BCUT2D eigenvalue weighted by Gasteiger charge is -2.32. The Morgan fingerprint density at radius 2 is 2.10 bits per heavy atom. The number of nitrogens with one attached hydrogen (secondary N) is 1. The van der Waals surface area contributed by atoms with Crippen molar-refractivity contribution in [3.05, 3.63) is 52.7 Å². The smallest absolute Gasteiger partial charge is 0.340 e.